The SMILES string of the molecule is C[C@@H]1CN(c2ccc(NCC3CCC(NS(=O)(=O)C(C)(C)C)CC3)c(F)c2)C[C@H](C)O1. The Kier molecular flexibility index (Phi) is 7.54. The van der Waals surface area contributed by atoms with E-state index < -0.39 is 14.8 Å². The van der Waals surface area contributed by atoms with Gasteiger partial charge in [0.05, 0.1) is 22.6 Å². The summed E-state index contributed by atoms with van der Waals surface area (Å²) in [6, 6.07) is 5.38. The van der Waals surface area contributed by atoms with Gasteiger partial charge in [0.2, 0.25) is 10.0 Å². The van der Waals surface area contributed by atoms with Gasteiger partial charge in [0.25, 0.3) is 0 Å². The number of anilines is 2. The summed E-state index contributed by atoms with van der Waals surface area (Å²) in [5.74, 6) is 0.173. The predicted molar refractivity (Wildman–Crippen MR) is 125 cm³/mol. The molecule has 0 unspecified atom stereocenters. The van der Waals surface area contributed by atoms with Crippen LogP contribution < -0.4 is 14.9 Å². The number of rotatable bonds is 6. The van der Waals surface area contributed by atoms with E-state index in [-0.39, 0.29) is 24.1 Å². The third-order valence-electron chi connectivity index (χ3n) is 6.29. The number of sulfonamides is 1. The van der Waals surface area contributed by atoms with Gasteiger partial charge in [-0.15, -0.1) is 0 Å². The Balaban J connectivity index is 1.49. The second-order valence-electron chi connectivity index (χ2n) is 10.2. The molecular weight excluding hydrogens is 417 g/mol. The zero-order valence-electron chi connectivity index (χ0n) is 19.4. The van der Waals surface area contributed by atoms with Crippen LogP contribution in [-0.4, -0.2) is 51.0 Å². The first-order valence-corrected chi connectivity index (χ1v) is 12.9. The molecule has 0 radical (unpaired) electrons. The van der Waals surface area contributed by atoms with Crippen molar-refractivity contribution < 1.29 is 17.5 Å². The van der Waals surface area contributed by atoms with E-state index in [1.807, 2.05) is 26.0 Å². The summed E-state index contributed by atoms with van der Waals surface area (Å²) in [6.07, 6.45) is 3.74. The molecule has 0 bridgehead atoms. The number of nitrogens with zero attached hydrogens (tertiary/aromatic N) is 1. The maximum atomic E-state index is 14.7. The summed E-state index contributed by atoms with van der Waals surface area (Å²) in [7, 11) is -3.32. The van der Waals surface area contributed by atoms with Gasteiger partial charge in [0.1, 0.15) is 5.82 Å². The van der Waals surface area contributed by atoms with Crippen molar-refractivity contribution in [3.8, 4) is 0 Å². The molecule has 6 nitrogen and oxygen atoms in total. The van der Waals surface area contributed by atoms with Gasteiger partial charge in [0.15, 0.2) is 0 Å². The van der Waals surface area contributed by atoms with Gasteiger partial charge in [-0.1, -0.05) is 0 Å². The number of halogens is 1. The molecule has 1 aromatic carbocycles. The number of hydrogen-bond donors (Lipinski definition) is 2. The topological polar surface area (TPSA) is 70.7 Å². The lowest BCUT2D eigenvalue weighted by atomic mass is 9.86. The highest BCUT2D eigenvalue weighted by atomic mass is 32.2. The van der Waals surface area contributed by atoms with E-state index in [0.29, 0.717) is 18.2 Å². The minimum Gasteiger partial charge on any atom is -0.382 e. The Morgan fingerprint density at radius 2 is 1.71 bits per heavy atom. The van der Waals surface area contributed by atoms with Crippen LogP contribution in [0, 0.1) is 11.7 Å². The standard InChI is InChI=1S/C23H38FN3O3S/c1-16-14-27(15-17(2)30-16)20-10-11-22(21(24)12-20)25-13-18-6-8-19(9-7-18)26-31(28,29)23(3,4)5/h10-12,16-19,25-26H,6-9,13-15H2,1-5H3/t16-,17+,18?,19?. The van der Waals surface area contributed by atoms with Gasteiger partial charge in [-0.05, 0) is 84.4 Å². The van der Waals surface area contributed by atoms with Crippen LogP contribution in [0.2, 0.25) is 0 Å². The van der Waals surface area contributed by atoms with E-state index in [9.17, 15) is 12.8 Å². The number of ether oxygens (including phenoxy) is 1. The molecule has 3 rings (SSSR count). The largest absolute Gasteiger partial charge is 0.382 e. The van der Waals surface area contributed by atoms with Crippen LogP contribution >= 0.6 is 0 Å². The van der Waals surface area contributed by atoms with Gasteiger partial charge in [-0.2, -0.15) is 0 Å². The lowest BCUT2D eigenvalue weighted by molar-refractivity contribution is -0.00523. The summed E-state index contributed by atoms with van der Waals surface area (Å²) in [5.41, 5.74) is 1.41. The molecule has 0 aromatic heterocycles. The van der Waals surface area contributed by atoms with E-state index in [2.05, 4.69) is 14.9 Å². The highest BCUT2D eigenvalue weighted by Gasteiger charge is 2.32. The van der Waals surface area contributed by atoms with Gasteiger partial charge < -0.3 is 15.0 Å². The molecule has 1 heterocycles. The first-order chi connectivity index (χ1) is 14.4. The third kappa shape index (κ3) is 6.33. The smallest absolute Gasteiger partial charge is 0.216 e. The van der Waals surface area contributed by atoms with Crippen molar-refractivity contribution in [2.45, 2.75) is 83.3 Å². The lowest BCUT2D eigenvalue weighted by Crippen LogP contribution is -2.46. The fraction of sp³-hybridized carbons (Fsp3) is 0.739. The molecule has 176 valence electrons. The summed E-state index contributed by atoms with van der Waals surface area (Å²) in [5, 5.41) is 3.26. The Hall–Kier alpha value is -1.38. The summed E-state index contributed by atoms with van der Waals surface area (Å²) in [6.45, 7) is 11.4. The van der Waals surface area contributed by atoms with Gasteiger partial charge in [-0.25, -0.2) is 17.5 Å². The van der Waals surface area contributed by atoms with Crippen molar-refractivity contribution in [1.82, 2.24) is 4.72 Å². The van der Waals surface area contributed by atoms with Crippen molar-refractivity contribution in [3.05, 3.63) is 24.0 Å². The minimum absolute atomic E-state index is 0.00481. The molecule has 2 atom stereocenters. The first kappa shape index (κ1) is 24.3. The van der Waals surface area contributed by atoms with Crippen LogP contribution in [0.5, 0.6) is 0 Å². The summed E-state index contributed by atoms with van der Waals surface area (Å²) in [4.78, 5) is 2.17. The minimum atomic E-state index is -3.32. The zero-order chi connectivity index (χ0) is 22.8. The Morgan fingerprint density at radius 3 is 2.26 bits per heavy atom. The number of hydrogen-bond acceptors (Lipinski definition) is 5. The van der Waals surface area contributed by atoms with E-state index in [1.54, 1.807) is 26.8 Å². The van der Waals surface area contributed by atoms with E-state index in [4.69, 9.17) is 4.74 Å². The second kappa shape index (κ2) is 9.63. The summed E-state index contributed by atoms with van der Waals surface area (Å²) < 4.78 is 47.2. The first-order valence-electron chi connectivity index (χ1n) is 11.4. The quantitative estimate of drug-likeness (QED) is 0.675. The molecule has 1 aliphatic heterocycles. The molecule has 1 aromatic rings. The molecule has 2 fully saturated rings. The fourth-order valence-electron chi connectivity index (χ4n) is 4.37. The predicted octanol–water partition coefficient (Wildman–Crippen LogP) is 4.13. The Morgan fingerprint density at radius 1 is 1.10 bits per heavy atom. The maximum absolute atomic E-state index is 14.7. The number of nitrogens with one attached hydrogen (secondary N) is 2. The molecule has 1 aliphatic carbocycles. The van der Waals surface area contributed by atoms with E-state index in [1.165, 1.54) is 0 Å². The Bertz CT molecular complexity index is 838. The molecule has 2 N–H and O–H groups in total. The Labute approximate surface area is 187 Å². The number of morpholine rings is 1. The maximum Gasteiger partial charge on any atom is 0.216 e. The molecule has 1 saturated carbocycles. The normalized spacial score (nSPS) is 27.9. The average molecular weight is 456 g/mol. The highest BCUT2D eigenvalue weighted by molar-refractivity contribution is 7.90. The molecule has 1 saturated heterocycles. The zero-order valence-corrected chi connectivity index (χ0v) is 20.3. The van der Waals surface area contributed by atoms with E-state index >= 15 is 0 Å². The third-order valence-corrected chi connectivity index (χ3v) is 8.55. The van der Waals surface area contributed by atoms with Crippen LogP contribution in [0.4, 0.5) is 15.8 Å². The number of benzene rings is 1. The van der Waals surface area contributed by atoms with Gasteiger partial charge >= 0.3 is 0 Å². The molecule has 2 aliphatic rings. The van der Waals surface area contributed by atoms with Crippen molar-refractivity contribution in [2.75, 3.05) is 29.9 Å². The van der Waals surface area contributed by atoms with Crippen molar-refractivity contribution >= 4 is 21.4 Å². The molecule has 8 heteroatoms. The fourth-order valence-corrected chi connectivity index (χ4v) is 5.40. The van der Waals surface area contributed by atoms with Crippen molar-refractivity contribution in [3.63, 3.8) is 0 Å². The molecular formula is C23H38FN3O3S. The highest BCUT2D eigenvalue weighted by Crippen LogP contribution is 2.29. The van der Waals surface area contributed by atoms with Crippen LogP contribution in [0.1, 0.15) is 60.3 Å². The summed E-state index contributed by atoms with van der Waals surface area (Å²) >= 11 is 0. The van der Waals surface area contributed by atoms with Crippen LogP contribution in [0.15, 0.2) is 18.2 Å². The second-order valence-corrected chi connectivity index (χ2v) is 12.6. The van der Waals surface area contributed by atoms with Crippen molar-refractivity contribution in [2.24, 2.45) is 5.92 Å². The van der Waals surface area contributed by atoms with Crippen LogP contribution in [0.3, 0.4) is 0 Å². The molecule has 0 amide bonds. The van der Waals surface area contributed by atoms with Gasteiger partial charge in [-0.3, -0.25) is 0 Å². The van der Waals surface area contributed by atoms with Crippen LogP contribution in [0.25, 0.3) is 0 Å². The average Bonchev–Trinajstić information content (AvgIpc) is 2.66. The monoisotopic (exact) mass is 455 g/mol. The van der Waals surface area contributed by atoms with Gasteiger partial charge in [0, 0.05) is 31.4 Å². The molecule has 31 heavy (non-hydrogen) atoms. The van der Waals surface area contributed by atoms with Crippen molar-refractivity contribution in [1.29, 1.82) is 0 Å². The van der Waals surface area contributed by atoms with E-state index in [0.717, 1.165) is 44.5 Å². The lowest BCUT2D eigenvalue weighted by Gasteiger charge is -2.37. The van der Waals surface area contributed by atoms with Crippen LogP contribution in [-0.2, 0) is 14.8 Å². The molecule has 0 spiro atoms.